The summed E-state index contributed by atoms with van der Waals surface area (Å²) in [5, 5.41) is 14.2. The van der Waals surface area contributed by atoms with Crippen molar-refractivity contribution in [2.24, 2.45) is 0 Å². The number of hydrogen-bond donors (Lipinski definition) is 2. The van der Waals surface area contributed by atoms with Crippen LogP contribution in [0, 0.1) is 0 Å². The largest absolute Gasteiger partial charge is 0.412 e. The summed E-state index contributed by atoms with van der Waals surface area (Å²) >= 11 is 0. The first-order chi connectivity index (χ1) is 1.41. The zero-order valence-electron chi connectivity index (χ0n) is 3.76. The van der Waals surface area contributed by atoms with Crippen LogP contribution in [-0.2, 0) is 65.4 Å². The van der Waals surface area contributed by atoms with E-state index in [4.69, 9.17) is 10.2 Å². The summed E-state index contributed by atoms with van der Waals surface area (Å²) in [7, 11) is 0. The first kappa shape index (κ1) is 35.8. The van der Waals surface area contributed by atoms with Gasteiger partial charge in [0.2, 0.25) is 0 Å². The van der Waals surface area contributed by atoms with Crippen molar-refractivity contribution in [1.29, 1.82) is 0 Å². The molecule has 4 nitrogen and oxygen atoms in total. The number of rotatable bonds is 0. The molecule has 0 bridgehead atoms. The summed E-state index contributed by atoms with van der Waals surface area (Å²) in [6.45, 7) is -0.750. The second-order valence-electron chi connectivity index (χ2n) is 0.141. The van der Waals surface area contributed by atoms with E-state index in [0.29, 0.717) is 0 Å². The molecule has 0 aliphatic rings. The molecule has 0 aliphatic carbocycles. The molecule has 0 amide bonds. The third-order valence-electron chi connectivity index (χ3n) is 0. The third-order valence-corrected chi connectivity index (χ3v) is 0. The predicted molar refractivity (Wildman–Crippen MR) is 16.5 cm³/mol. The van der Waals surface area contributed by atoms with Crippen LogP contribution in [-0.4, -0.2) is 28.0 Å². The van der Waals surface area contributed by atoms with Crippen LogP contribution in [0.4, 0.5) is 0 Å². The van der Waals surface area contributed by atoms with E-state index in [1.54, 1.807) is 0 Å². The van der Waals surface area contributed by atoms with E-state index in [2.05, 4.69) is 0 Å². The van der Waals surface area contributed by atoms with Crippen molar-refractivity contribution in [2.75, 3.05) is 6.79 Å². The Balaban J connectivity index is -0.00000000333. The first-order valence-corrected chi connectivity index (χ1v) is 0.632. The van der Waals surface area contributed by atoms with Gasteiger partial charge in [-0.15, -0.1) is 0 Å². The van der Waals surface area contributed by atoms with E-state index in [1.807, 2.05) is 0 Å². The van der Waals surface area contributed by atoms with Crippen LogP contribution < -0.4 is 0 Å². The summed E-state index contributed by atoms with van der Waals surface area (Å²) in [6, 6.07) is 0. The van der Waals surface area contributed by atoms with E-state index in [1.165, 1.54) is 0 Å². The molecule has 42 valence electrons. The molecule has 0 aromatic carbocycles. The summed E-state index contributed by atoms with van der Waals surface area (Å²) in [5.41, 5.74) is 0. The van der Waals surface area contributed by atoms with Crippen LogP contribution >= 0.6 is 0 Å². The summed E-state index contributed by atoms with van der Waals surface area (Å²) in [5.74, 6) is 0. The Labute approximate surface area is 92.1 Å². The van der Waals surface area contributed by atoms with Gasteiger partial charge in [-0.2, -0.15) is 0 Å². The molecule has 0 aromatic heterocycles. The zero-order chi connectivity index (χ0) is 2.71. The average molecular weight is 262 g/mol. The van der Waals surface area contributed by atoms with Crippen LogP contribution in [0.5, 0.6) is 0 Å². The number of aliphatic hydroxyl groups is 2. The fourth-order valence-corrected chi connectivity index (χ4v) is 0. The van der Waals surface area contributed by atoms with Crippen LogP contribution in [0.2, 0.25) is 0 Å². The normalized spacial score (nSPS) is 2.57. The fourth-order valence-electron chi connectivity index (χ4n) is 0. The Hall–Kier alpha value is 2.05. The molecule has 6 N–H and O–H groups in total. The van der Waals surface area contributed by atoms with Crippen molar-refractivity contribution in [3.8, 4) is 0 Å². The van der Waals surface area contributed by atoms with Crippen molar-refractivity contribution >= 4 is 0 Å². The maximum atomic E-state index is 7.12. The smallest absolute Gasteiger partial charge is 0.140 e. The standard InChI is InChI=1S/CH4O2.2H2O.2Y/c2-1-3;;;;/h2-3H,1H2;2*1H2;;. The quantitative estimate of drug-likeness (QED) is 0.463. The van der Waals surface area contributed by atoms with Gasteiger partial charge in [0.25, 0.3) is 0 Å². The van der Waals surface area contributed by atoms with Gasteiger partial charge in [-0.1, -0.05) is 0 Å². The summed E-state index contributed by atoms with van der Waals surface area (Å²) in [4.78, 5) is 0. The second-order valence-corrected chi connectivity index (χ2v) is 0.141. The predicted octanol–water partition coefficient (Wildman–Crippen LogP) is -2.73. The Bertz CT molecular complexity index is 9.65. The van der Waals surface area contributed by atoms with E-state index < -0.39 is 6.79 Å². The molecule has 0 rings (SSSR count). The molecule has 2 radical (unpaired) electrons. The minimum atomic E-state index is -0.750. The summed E-state index contributed by atoms with van der Waals surface area (Å²) < 4.78 is 0. The van der Waals surface area contributed by atoms with Crippen molar-refractivity contribution < 1.29 is 86.6 Å². The number of aliphatic hydroxyl groups excluding tert-OH is 1. The van der Waals surface area contributed by atoms with Crippen molar-refractivity contribution in [1.82, 2.24) is 0 Å². The van der Waals surface area contributed by atoms with Gasteiger partial charge in [0.1, 0.15) is 6.79 Å². The van der Waals surface area contributed by atoms with Crippen molar-refractivity contribution in [2.45, 2.75) is 0 Å². The average Bonchev–Trinajstić information content (AvgIpc) is 0.918. The Morgan fingerprint density at radius 3 is 0.857 bits per heavy atom. The van der Waals surface area contributed by atoms with Crippen LogP contribution in [0.25, 0.3) is 0 Å². The molecule has 0 aliphatic heterocycles. The SMILES string of the molecule is O.O.OCO.[Y].[Y]. The van der Waals surface area contributed by atoms with Gasteiger partial charge in [0.15, 0.2) is 0 Å². The van der Waals surface area contributed by atoms with Crippen LogP contribution in [0.1, 0.15) is 0 Å². The molecule has 0 saturated carbocycles. The molecule has 0 aromatic rings. The molecule has 0 saturated heterocycles. The van der Waals surface area contributed by atoms with Gasteiger partial charge in [-0.3, -0.25) is 0 Å². The molecule has 0 fully saturated rings. The molecular formula is CH8O4Y2. The third kappa shape index (κ3) is 70.2. The van der Waals surface area contributed by atoms with E-state index in [0.717, 1.165) is 0 Å². The van der Waals surface area contributed by atoms with E-state index >= 15 is 0 Å². The fraction of sp³-hybridized carbons (Fsp3) is 1.00. The van der Waals surface area contributed by atoms with Gasteiger partial charge in [-0.05, 0) is 0 Å². The topological polar surface area (TPSA) is 103 Å². The Morgan fingerprint density at radius 1 is 0.857 bits per heavy atom. The van der Waals surface area contributed by atoms with Crippen LogP contribution in [0.3, 0.4) is 0 Å². The van der Waals surface area contributed by atoms with Gasteiger partial charge >= 0.3 is 0 Å². The van der Waals surface area contributed by atoms with Gasteiger partial charge in [0.05, 0.1) is 0 Å². The maximum Gasteiger partial charge on any atom is 0.140 e. The molecule has 0 spiro atoms. The maximum absolute atomic E-state index is 7.12. The minimum Gasteiger partial charge on any atom is -0.412 e. The van der Waals surface area contributed by atoms with Crippen LogP contribution in [0.15, 0.2) is 0 Å². The minimum absolute atomic E-state index is 0. The van der Waals surface area contributed by atoms with Gasteiger partial charge in [-0.25, -0.2) is 0 Å². The second kappa shape index (κ2) is 43.0. The van der Waals surface area contributed by atoms with Crippen molar-refractivity contribution in [3.05, 3.63) is 0 Å². The van der Waals surface area contributed by atoms with E-state index in [9.17, 15) is 0 Å². The molecular weight excluding hydrogens is 254 g/mol. The zero-order valence-corrected chi connectivity index (χ0v) is 9.43. The molecule has 6 heteroatoms. The Kier molecular flexibility index (Phi) is 220. The molecule has 0 heterocycles. The molecule has 0 atom stereocenters. The number of hydrogen-bond acceptors (Lipinski definition) is 2. The van der Waals surface area contributed by atoms with E-state index in [-0.39, 0.29) is 76.4 Å². The Morgan fingerprint density at radius 2 is 0.857 bits per heavy atom. The van der Waals surface area contributed by atoms with Gasteiger partial charge < -0.3 is 21.2 Å². The van der Waals surface area contributed by atoms with Crippen molar-refractivity contribution in [3.63, 3.8) is 0 Å². The monoisotopic (exact) mass is 262 g/mol. The first-order valence-electron chi connectivity index (χ1n) is 0.632. The molecule has 0 unspecified atom stereocenters. The summed E-state index contributed by atoms with van der Waals surface area (Å²) in [6.07, 6.45) is 0. The molecule has 7 heavy (non-hydrogen) atoms. The van der Waals surface area contributed by atoms with Gasteiger partial charge in [0, 0.05) is 65.4 Å².